The van der Waals surface area contributed by atoms with Crippen molar-refractivity contribution in [1.82, 2.24) is 9.78 Å². The summed E-state index contributed by atoms with van der Waals surface area (Å²) >= 11 is 3.50. The highest BCUT2D eigenvalue weighted by molar-refractivity contribution is 9.10. The molecule has 0 aliphatic heterocycles. The maximum atomic E-state index is 5.61. The number of nitrogen functional groups attached to an aromatic ring is 1. The van der Waals surface area contributed by atoms with Gasteiger partial charge in [0.15, 0.2) is 0 Å². The Morgan fingerprint density at radius 1 is 1.50 bits per heavy atom. The van der Waals surface area contributed by atoms with Gasteiger partial charge in [0, 0.05) is 10.7 Å². The number of hydrogen-bond donors (Lipinski definition) is 1. The molecule has 2 aromatic rings. The van der Waals surface area contributed by atoms with Gasteiger partial charge >= 0.3 is 0 Å². The minimum absolute atomic E-state index is 0.662. The van der Waals surface area contributed by atoms with E-state index in [0.717, 1.165) is 15.8 Å². The highest BCUT2D eigenvalue weighted by Crippen LogP contribution is 2.23. The molecule has 0 bridgehead atoms. The lowest BCUT2D eigenvalue weighted by Crippen LogP contribution is -2.01. The second-order valence-electron chi connectivity index (χ2n) is 3.43. The lowest BCUT2D eigenvalue weighted by molar-refractivity contribution is 0.414. The van der Waals surface area contributed by atoms with Gasteiger partial charge in [-0.05, 0) is 23.8 Å². The quantitative estimate of drug-likeness (QED) is 0.939. The van der Waals surface area contributed by atoms with E-state index in [-0.39, 0.29) is 0 Å². The Bertz CT molecular complexity index is 496. The van der Waals surface area contributed by atoms with E-state index in [9.17, 15) is 0 Å². The Labute approximate surface area is 102 Å². The molecular formula is C11H12BrN3O. The molecule has 1 heterocycles. The second kappa shape index (κ2) is 4.57. The minimum atomic E-state index is 0.662. The highest BCUT2D eigenvalue weighted by atomic mass is 79.9. The topological polar surface area (TPSA) is 53.1 Å². The molecule has 0 aliphatic carbocycles. The molecule has 0 aliphatic rings. The summed E-state index contributed by atoms with van der Waals surface area (Å²) in [6.07, 6.45) is 3.43. The average molecular weight is 282 g/mol. The predicted octanol–water partition coefficient (Wildman–Crippen LogP) is 2.28. The number of nitrogens with zero attached hydrogens (tertiary/aromatic N) is 2. The first kappa shape index (κ1) is 11.0. The maximum absolute atomic E-state index is 5.61. The molecule has 16 heavy (non-hydrogen) atoms. The van der Waals surface area contributed by atoms with E-state index in [2.05, 4.69) is 21.0 Å². The fraction of sp³-hybridized carbons (Fsp3) is 0.182. The molecule has 0 saturated carbocycles. The molecule has 0 spiro atoms. The van der Waals surface area contributed by atoms with Crippen molar-refractivity contribution in [3.8, 4) is 5.75 Å². The van der Waals surface area contributed by atoms with Gasteiger partial charge in [-0.25, -0.2) is 0 Å². The third-order valence-electron chi connectivity index (χ3n) is 2.24. The van der Waals surface area contributed by atoms with Crippen LogP contribution in [0.4, 0.5) is 5.69 Å². The lowest BCUT2D eigenvalue weighted by Gasteiger charge is -2.07. The number of ether oxygens (including phenoxy) is 1. The highest BCUT2D eigenvalue weighted by Gasteiger charge is 2.04. The largest absolute Gasteiger partial charge is 0.497 e. The summed E-state index contributed by atoms with van der Waals surface area (Å²) in [4.78, 5) is 0. The van der Waals surface area contributed by atoms with Crippen LogP contribution in [-0.2, 0) is 6.54 Å². The van der Waals surface area contributed by atoms with Crippen LogP contribution < -0.4 is 10.5 Å². The molecule has 2 N–H and O–H groups in total. The molecule has 0 radical (unpaired) electrons. The fourth-order valence-electron chi connectivity index (χ4n) is 1.44. The van der Waals surface area contributed by atoms with Gasteiger partial charge < -0.3 is 10.5 Å². The Hall–Kier alpha value is -1.49. The number of hydrogen-bond acceptors (Lipinski definition) is 3. The Balaban J connectivity index is 2.26. The van der Waals surface area contributed by atoms with Gasteiger partial charge in [0.25, 0.3) is 0 Å². The number of anilines is 1. The molecule has 1 aromatic carbocycles. The first-order chi connectivity index (χ1) is 7.69. The number of rotatable bonds is 3. The first-order valence-electron chi connectivity index (χ1n) is 4.79. The van der Waals surface area contributed by atoms with Crippen LogP contribution in [0.15, 0.2) is 35.1 Å². The molecule has 4 nitrogen and oxygen atoms in total. The van der Waals surface area contributed by atoms with E-state index in [4.69, 9.17) is 10.5 Å². The summed E-state index contributed by atoms with van der Waals surface area (Å²) in [7, 11) is 1.65. The third kappa shape index (κ3) is 2.36. The summed E-state index contributed by atoms with van der Waals surface area (Å²) < 4.78 is 7.99. The Morgan fingerprint density at radius 2 is 2.31 bits per heavy atom. The SMILES string of the molecule is COc1ccc(Br)c(Cn2cc(N)cn2)c1. The van der Waals surface area contributed by atoms with E-state index >= 15 is 0 Å². The van der Waals surface area contributed by atoms with Gasteiger partial charge in [-0.1, -0.05) is 15.9 Å². The van der Waals surface area contributed by atoms with Gasteiger partial charge in [-0.3, -0.25) is 4.68 Å². The van der Waals surface area contributed by atoms with Crippen LogP contribution >= 0.6 is 15.9 Å². The predicted molar refractivity (Wildman–Crippen MR) is 66.4 cm³/mol. The number of benzene rings is 1. The molecule has 0 unspecified atom stereocenters. The van der Waals surface area contributed by atoms with Crippen LogP contribution in [0.2, 0.25) is 0 Å². The lowest BCUT2D eigenvalue weighted by atomic mass is 10.2. The van der Waals surface area contributed by atoms with Crippen molar-refractivity contribution in [2.45, 2.75) is 6.54 Å². The summed E-state index contributed by atoms with van der Waals surface area (Å²) in [5.41, 5.74) is 7.37. The van der Waals surface area contributed by atoms with Gasteiger partial charge in [-0.15, -0.1) is 0 Å². The van der Waals surface area contributed by atoms with Gasteiger partial charge in [-0.2, -0.15) is 5.10 Å². The van der Waals surface area contributed by atoms with E-state index in [1.54, 1.807) is 24.2 Å². The van der Waals surface area contributed by atoms with Crippen LogP contribution in [0.5, 0.6) is 5.75 Å². The molecule has 1 aromatic heterocycles. The number of methoxy groups -OCH3 is 1. The number of halogens is 1. The van der Waals surface area contributed by atoms with E-state index in [1.165, 1.54) is 0 Å². The molecule has 84 valence electrons. The second-order valence-corrected chi connectivity index (χ2v) is 4.28. The average Bonchev–Trinajstić information content (AvgIpc) is 2.67. The van der Waals surface area contributed by atoms with Crippen molar-refractivity contribution < 1.29 is 4.74 Å². The zero-order valence-electron chi connectivity index (χ0n) is 8.85. The van der Waals surface area contributed by atoms with Crippen LogP contribution in [0.3, 0.4) is 0 Å². The molecule has 0 fully saturated rings. The molecule has 0 amide bonds. The van der Waals surface area contributed by atoms with Crippen LogP contribution in [0.25, 0.3) is 0 Å². The van der Waals surface area contributed by atoms with Crippen LogP contribution in [-0.4, -0.2) is 16.9 Å². The van der Waals surface area contributed by atoms with Crippen molar-refractivity contribution in [2.24, 2.45) is 0 Å². The monoisotopic (exact) mass is 281 g/mol. The van der Waals surface area contributed by atoms with E-state index in [0.29, 0.717) is 12.2 Å². The van der Waals surface area contributed by atoms with Crippen LogP contribution in [0.1, 0.15) is 5.56 Å². The first-order valence-corrected chi connectivity index (χ1v) is 5.58. The van der Waals surface area contributed by atoms with Gasteiger partial charge in [0.05, 0.1) is 25.5 Å². The summed E-state index contributed by atoms with van der Waals surface area (Å²) in [5.74, 6) is 0.832. The zero-order chi connectivity index (χ0) is 11.5. The molecule has 2 rings (SSSR count). The van der Waals surface area contributed by atoms with E-state index in [1.807, 2.05) is 18.2 Å². The fourth-order valence-corrected chi connectivity index (χ4v) is 1.81. The van der Waals surface area contributed by atoms with Crippen molar-refractivity contribution in [3.63, 3.8) is 0 Å². The number of aromatic nitrogens is 2. The zero-order valence-corrected chi connectivity index (χ0v) is 10.4. The molecule has 5 heteroatoms. The van der Waals surface area contributed by atoms with Crippen molar-refractivity contribution >= 4 is 21.6 Å². The summed E-state index contributed by atoms with van der Waals surface area (Å²) in [5, 5.41) is 4.14. The minimum Gasteiger partial charge on any atom is -0.497 e. The van der Waals surface area contributed by atoms with Crippen molar-refractivity contribution in [3.05, 3.63) is 40.6 Å². The Morgan fingerprint density at radius 3 is 2.94 bits per heavy atom. The standard InChI is InChI=1S/C11H12BrN3O/c1-16-10-2-3-11(12)8(4-10)6-15-7-9(13)5-14-15/h2-5,7H,6,13H2,1H3. The summed E-state index contributed by atoms with van der Waals surface area (Å²) in [6.45, 7) is 0.662. The third-order valence-corrected chi connectivity index (χ3v) is 3.01. The summed E-state index contributed by atoms with van der Waals surface area (Å²) in [6, 6.07) is 5.84. The smallest absolute Gasteiger partial charge is 0.119 e. The van der Waals surface area contributed by atoms with Gasteiger partial charge in [0.1, 0.15) is 5.75 Å². The molecule has 0 saturated heterocycles. The van der Waals surface area contributed by atoms with Crippen molar-refractivity contribution in [1.29, 1.82) is 0 Å². The Kier molecular flexibility index (Phi) is 3.14. The van der Waals surface area contributed by atoms with Crippen molar-refractivity contribution in [2.75, 3.05) is 12.8 Å². The van der Waals surface area contributed by atoms with Crippen LogP contribution in [0, 0.1) is 0 Å². The van der Waals surface area contributed by atoms with Gasteiger partial charge in [0.2, 0.25) is 0 Å². The normalized spacial score (nSPS) is 10.4. The van der Waals surface area contributed by atoms with E-state index < -0.39 is 0 Å². The molecular weight excluding hydrogens is 270 g/mol. The maximum Gasteiger partial charge on any atom is 0.119 e. The number of nitrogens with two attached hydrogens (primary N) is 1. The molecule has 0 atom stereocenters.